The average molecular weight is 787 g/mol. The Bertz CT molecular complexity index is 2910. The summed E-state index contributed by atoms with van der Waals surface area (Å²) < 4.78 is 2.59. The van der Waals surface area contributed by atoms with Gasteiger partial charge < -0.3 is 10.2 Å². The van der Waals surface area contributed by atoms with Crippen molar-refractivity contribution < 1.29 is 0 Å². The van der Waals surface area contributed by atoms with Crippen molar-refractivity contribution in [2.45, 2.75) is 78.1 Å². The summed E-state index contributed by atoms with van der Waals surface area (Å²) in [5, 5.41) is 6.36. The van der Waals surface area contributed by atoms with Crippen molar-refractivity contribution >= 4 is 66.4 Å². The highest BCUT2D eigenvalue weighted by Gasteiger charge is 2.38. The van der Waals surface area contributed by atoms with E-state index in [2.05, 4.69) is 218 Å². The number of thiophene rings is 1. The van der Waals surface area contributed by atoms with Gasteiger partial charge in [0, 0.05) is 53.8 Å². The molecule has 0 spiro atoms. The van der Waals surface area contributed by atoms with Crippen molar-refractivity contribution in [3.8, 4) is 11.1 Å². The zero-order valence-corrected chi connectivity index (χ0v) is 36.5. The molecule has 0 fully saturated rings. The highest BCUT2D eigenvalue weighted by Crippen LogP contribution is 2.52. The smallest absolute Gasteiger partial charge is 0.0502 e. The Morgan fingerprint density at radius 1 is 0.678 bits per heavy atom. The van der Waals surface area contributed by atoms with Gasteiger partial charge in [-0.25, -0.2) is 0 Å². The normalized spacial score (nSPS) is 15.6. The molecule has 7 aromatic rings. The predicted molar refractivity (Wildman–Crippen MR) is 259 cm³/mol. The number of nitrogens with zero attached hydrogens (tertiary/aromatic N) is 1. The van der Waals surface area contributed by atoms with Crippen LogP contribution in [0.1, 0.15) is 95.2 Å². The van der Waals surface area contributed by atoms with E-state index >= 15 is 0 Å². The van der Waals surface area contributed by atoms with Crippen LogP contribution in [0.4, 0.5) is 22.7 Å². The van der Waals surface area contributed by atoms with Crippen molar-refractivity contribution in [1.29, 1.82) is 0 Å². The van der Waals surface area contributed by atoms with E-state index < -0.39 is 0 Å². The molecule has 9 rings (SSSR count). The lowest BCUT2D eigenvalue weighted by atomic mass is 9.73. The summed E-state index contributed by atoms with van der Waals surface area (Å²) in [7, 11) is 0. The minimum absolute atomic E-state index is 0.0925. The Morgan fingerprint density at radius 2 is 1.32 bits per heavy atom. The van der Waals surface area contributed by atoms with Gasteiger partial charge in [0.15, 0.2) is 0 Å². The highest BCUT2D eigenvalue weighted by molar-refractivity contribution is 7.25. The molecule has 0 saturated carbocycles. The van der Waals surface area contributed by atoms with Crippen LogP contribution in [0.15, 0.2) is 157 Å². The zero-order chi connectivity index (χ0) is 41.3. The zero-order valence-electron chi connectivity index (χ0n) is 35.7. The number of hydrogen-bond donors (Lipinski definition) is 1. The van der Waals surface area contributed by atoms with Gasteiger partial charge >= 0.3 is 0 Å². The van der Waals surface area contributed by atoms with Crippen LogP contribution in [-0.2, 0) is 16.2 Å². The molecule has 3 heteroatoms. The maximum absolute atomic E-state index is 4.32. The predicted octanol–water partition coefficient (Wildman–Crippen LogP) is 16.4. The number of benzene rings is 6. The van der Waals surface area contributed by atoms with Crippen molar-refractivity contribution in [2.75, 3.05) is 10.2 Å². The van der Waals surface area contributed by atoms with Crippen molar-refractivity contribution in [3.63, 3.8) is 0 Å². The molecule has 0 bridgehead atoms. The Kier molecular flexibility index (Phi) is 9.44. The minimum atomic E-state index is -0.151. The molecule has 0 unspecified atom stereocenters. The molecule has 0 atom stereocenters. The van der Waals surface area contributed by atoms with E-state index in [1.165, 1.54) is 81.6 Å². The SMILES string of the molecule is C=CC1=C(/C=C\C)C(C)(C)c2ccccc2N1c1ccc2sc3ccc(/C=C/c4ccc5c(c4)C(C)(C)c4cc(Nc6ccccc6C(C)(C)CC)ccc4-5)cc3c2c1. The van der Waals surface area contributed by atoms with Gasteiger partial charge in [0.25, 0.3) is 0 Å². The number of hydrogen-bond acceptors (Lipinski definition) is 3. The molecule has 1 aromatic heterocycles. The standard InChI is InChI=1S/C56H54N2S/c1-10-17-45-50(11-2)58(51-21-16-14-19-46(51)55(45,6)7)39-27-31-53-43(35-39)42-32-36(25-30-52(42)59-53)22-23-37-24-28-40-41-29-26-38(34-48(41)56(8,9)47(40)33-37)57-49-20-15-13-18-44(49)54(4,5)12-3/h10-11,13-35,57H,2,12H2,1,3-9H3/b17-10-,23-22+. The second-order valence-electron chi connectivity index (χ2n) is 18.0. The molecule has 6 aromatic carbocycles. The Morgan fingerprint density at radius 3 is 2.07 bits per heavy atom. The number of para-hydroxylation sites is 2. The molecule has 59 heavy (non-hydrogen) atoms. The lowest BCUT2D eigenvalue weighted by molar-refractivity contribution is 0.508. The van der Waals surface area contributed by atoms with E-state index in [0.717, 1.165) is 23.5 Å². The molecule has 1 N–H and O–H groups in total. The number of nitrogens with one attached hydrogen (secondary N) is 1. The van der Waals surface area contributed by atoms with E-state index in [1.807, 2.05) is 17.4 Å². The Labute approximate surface area is 355 Å². The number of anilines is 4. The molecule has 0 radical (unpaired) electrons. The maximum atomic E-state index is 4.32. The fourth-order valence-electron chi connectivity index (χ4n) is 9.54. The molecular formula is C56H54N2S. The molecule has 294 valence electrons. The summed E-state index contributed by atoms with van der Waals surface area (Å²) in [6.07, 6.45) is 12.0. The van der Waals surface area contributed by atoms with Gasteiger partial charge in [-0.15, -0.1) is 11.3 Å². The van der Waals surface area contributed by atoms with E-state index in [4.69, 9.17) is 0 Å². The molecule has 1 aliphatic heterocycles. The average Bonchev–Trinajstić information content (AvgIpc) is 3.71. The van der Waals surface area contributed by atoms with Crippen molar-refractivity contribution in [3.05, 3.63) is 191 Å². The third kappa shape index (κ3) is 6.39. The molecular weight excluding hydrogens is 733 g/mol. The van der Waals surface area contributed by atoms with Crippen molar-refractivity contribution in [2.24, 2.45) is 0 Å². The Hall–Kier alpha value is -5.90. The summed E-state index contributed by atoms with van der Waals surface area (Å²) >= 11 is 1.86. The summed E-state index contributed by atoms with van der Waals surface area (Å²) in [5.74, 6) is 0. The largest absolute Gasteiger partial charge is 0.355 e. The first kappa shape index (κ1) is 38.6. The van der Waals surface area contributed by atoms with E-state index in [0.29, 0.717) is 0 Å². The third-order valence-electron chi connectivity index (χ3n) is 13.3. The Balaban J connectivity index is 1.03. The fourth-order valence-corrected chi connectivity index (χ4v) is 10.6. The molecule has 2 heterocycles. The monoisotopic (exact) mass is 786 g/mol. The second-order valence-corrected chi connectivity index (χ2v) is 19.0. The highest BCUT2D eigenvalue weighted by atomic mass is 32.1. The van der Waals surface area contributed by atoms with Gasteiger partial charge in [0.2, 0.25) is 0 Å². The summed E-state index contributed by atoms with van der Waals surface area (Å²) in [6.45, 7) is 22.7. The van der Waals surface area contributed by atoms with Gasteiger partial charge in [0.1, 0.15) is 0 Å². The van der Waals surface area contributed by atoms with E-state index in [-0.39, 0.29) is 16.2 Å². The fraction of sp³-hybridized carbons (Fsp3) is 0.214. The van der Waals surface area contributed by atoms with Crippen LogP contribution < -0.4 is 10.2 Å². The first-order valence-corrected chi connectivity index (χ1v) is 21.9. The topological polar surface area (TPSA) is 15.3 Å². The van der Waals surface area contributed by atoms with Crippen LogP contribution in [0, 0.1) is 0 Å². The summed E-state index contributed by atoms with van der Waals surface area (Å²) in [4.78, 5) is 2.40. The summed E-state index contributed by atoms with van der Waals surface area (Å²) in [6, 6.07) is 45.3. The molecule has 0 amide bonds. The molecule has 2 aliphatic rings. The lowest BCUT2D eigenvalue weighted by Crippen LogP contribution is -2.33. The van der Waals surface area contributed by atoms with Crippen LogP contribution in [0.3, 0.4) is 0 Å². The van der Waals surface area contributed by atoms with Crippen LogP contribution in [0.5, 0.6) is 0 Å². The first-order valence-electron chi connectivity index (χ1n) is 21.1. The first-order chi connectivity index (χ1) is 28.3. The number of fused-ring (bicyclic) bond motifs is 7. The van der Waals surface area contributed by atoms with E-state index in [1.54, 1.807) is 0 Å². The maximum Gasteiger partial charge on any atom is 0.0502 e. The van der Waals surface area contributed by atoms with Crippen LogP contribution >= 0.6 is 11.3 Å². The van der Waals surface area contributed by atoms with Gasteiger partial charge in [-0.3, -0.25) is 0 Å². The quantitative estimate of drug-likeness (QED) is 0.147. The van der Waals surface area contributed by atoms with Gasteiger partial charge in [-0.2, -0.15) is 0 Å². The summed E-state index contributed by atoms with van der Waals surface area (Å²) in [5.41, 5.74) is 17.4. The minimum Gasteiger partial charge on any atom is -0.355 e. The van der Waals surface area contributed by atoms with Gasteiger partial charge in [0.05, 0.1) is 5.69 Å². The number of rotatable bonds is 9. The molecule has 2 nitrogen and oxygen atoms in total. The van der Waals surface area contributed by atoms with Crippen molar-refractivity contribution in [1.82, 2.24) is 0 Å². The van der Waals surface area contributed by atoms with Gasteiger partial charge in [-0.05, 0) is 130 Å². The van der Waals surface area contributed by atoms with E-state index in [9.17, 15) is 0 Å². The van der Waals surface area contributed by atoms with Gasteiger partial charge in [-0.1, -0.05) is 146 Å². The third-order valence-corrected chi connectivity index (χ3v) is 14.4. The number of allylic oxidation sites excluding steroid dienone is 4. The lowest BCUT2D eigenvalue weighted by Gasteiger charge is -2.42. The second kappa shape index (κ2) is 14.4. The van der Waals surface area contributed by atoms with Crippen LogP contribution in [0.2, 0.25) is 0 Å². The van der Waals surface area contributed by atoms with Crippen LogP contribution in [-0.4, -0.2) is 0 Å². The molecule has 0 saturated heterocycles. The molecule has 1 aliphatic carbocycles. The van der Waals surface area contributed by atoms with Crippen LogP contribution in [0.25, 0.3) is 43.5 Å².